The third-order valence-corrected chi connectivity index (χ3v) is 5.61. The third-order valence-electron chi connectivity index (χ3n) is 5.61. The number of carboxylic acids is 1. The van der Waals surface area contributed by atoms with Gasteiger partial charge < -0.3 is 20.3 Å². The van der Waals surface area contributed by atoms with E-state index in [0.717, 1.165) is 34.9 Å². The summed E-state index contributed by atoms with van der Waals surface area (Å²) in [6.07, 6.45) is 2.47. The molecule has 33 heavy (non-hydrogen) atoms. The second-order valence-electron chi connectivity index (χ2n) is 8.28. The molecule has 1 amide bonds. The van der Waals surface area contributed by atoms with Crippen LogP contribution in [0, 0.1) is 0 Å². The standard InChI is InChI=1S/C26H25N3O4/c1-29(2)10-4-9-27-25(31)18-6-3-5-16(11-18)17-7-8-20-21(12-17)23-15-28-24(30)14-19(23)13-22(20)26(32)33/h3,5-8,11-15H,4,9-10H2,1-2H3,(H,27,31)(H,28,30)(H,32,33). The summed E-state index contributed by atoms with van der Waals surface area (Å²) in [4.78, 5) is 40.9. The van der Waals surface area contributed by atoms with Crippen LogP contribution in [-0.4, -0.2) is 54.1 Å². The summed E-state index contributed by atoms with van der Waals surface area (Å²) in [5.74, 6) is -1.18. The number of rotatable bonds is 7. The van der Waals surface area contributed by atoms with E-state index in [2.05, 4.69) is 15.2 Å². The van der Waals surface area contributed by atoms with Crippen molar-refractivity contribution in [3.8, 4) is 11.1 Å². The van der Waals surface area contributed by atoms with Gasteiger partial charge in [0, 0.05) is 29.8 Å². The maximum Gasteiger partial charge on any atom is 0.336 e. The lowest BCUT2D eigenvalue weighted by molar-refractivity contribution is 0.0699. The molecule has 0 saturated heterocycles. The Bertz CT molecular complexity index is 1420. The van der Waals surface area contributed by atoms with Gasteiger partial charge in [-0.1, -0.05) is 24.3 Å². The number of amides is 1. The fraction of sp³-hybridized carbons (Fsp3) is 0.192. The Hall–Kier alpha value is -3.97. The quantitative estimate of drug-likeness (QED) is 0.298. The van der Waals surface area contributed by atoms with Crippen molar-refractivity contribution in [2.75, 3.05) is 27.2 Å². The smallest absolute Gasteiger partial charge is 0.336 e. The predicted molar refractivity (Wildman–Crippen MR) is 130 cm³/mol. The Morgan fingerprint density at radius 2 is 1.76 bits per heavy atom. The Morgan fingerprint density at radius 3 is 2.52 bits per heavy atom. The van der Waals surface area contributed by atoms with E-state index in [1.807, 2.05) is 44.4 Å². The SMILES string of the molecule is CN(C)CCCNC(=O)c1cccc(-c2ccc3c(C(=O)O)cc4cc(=O)[nH]cc4c3c2)c1. The number of aromatic carboxylic acids is 1. The first kappa shape index (κ1) is 22.2. The molecule has 0 saturated carbocycles. The molecule has 3 N–H and O–H groups in total. The van der Waals surface area contributed by atoms with Crippen LogP contribution in [-0.2, 0) is 0 Å². The van der Waals surface area contributed by atoms with Crippen molar-refractivity contribution in [2.45, 2.75) is 6.42 Å². The minimum absolute atomic E-state index is 0.132. The Labute approximate surface area is 190 Å². The molecule has 4 aromatic rings. The van der Waals surface area contributed by atoms with E-state index in [1.165, 1.54) is 12.1 Å². The molecule has 0 unspecified atom stereocenters. The highest BCUT2D eigenvalue weighted by Crippen LogP contribution is 2.32. The number of aromatic nitrogens is 1. The zero-order valence-corrected chi connectivity index (χ0v) is 18.5. The number of fused-ring (bicyclic) bond motifs is 3. The van der Waals surface area contributed by atoms with Gasteiger partial charge in [-0.25, -0.2) is 4.79 Å². The number of hydrogen-bond donors (Lipinski definition) is 3. The maximum absolute atomic E-state index is 12.6. The summed E-state index contributed by atoms with van der Waals surface area (Å²) in [6, 6.07) is 15.8. The van der Waals surface area contributed by atoms with Gasteiger partial charge in [0.15, 0.2) is 0 Å². The molecule has 7 heteroatoms. The molecule has 1 aromatic heterocycles. The van der Waals surface area contributed by atoms with Crippen molar-refractivity contribution in [3.05, 3.63) is 82.3 Å². The summed E-state index contributed by atoms with van der Waals surface area (Å²) in [7, 11) is 3.99. The molecule has 0 bridgehead atoms. The molecule has 0 spiro atoms. The van der Waals surface area contributed by atoms with Crippen LogP contribution >= 0.6 is 0 Å². The van der Waals surface area contributed by atoms with Crippen molar-refractivity contribution in [1.29, 1.82) is 0 Å². The normalized spacial score (nSPS) is 11.2. The van der Waals surface area contributed by atoms with E-state index in [-0.39, 0.29) is 17.0 Å². The second-order valence-corrected chi connectivity index (χ2v) is 8.28. The predicted octanol–water partition coefficient (Wildman–Crippen LogP) is 3.73. The molecule has 168 valence electrons. The van der Waals surface area contributed by atoms with Crippen LogP contribution in [0.5, 0.6) is 0 Å². The Balaban J connectivity index is 1.73. The molecule has 0 aliphatic heterocycles. The third kappa shape index (κ3) is 4.78. The summed E-state index contributed by atoms with van der Waals surface area (Å²) in [5, 5.41) is 15.2. The van der Waals surface area contributed by atoms with Gasteiger partial charge >= 0.3 is 5.97 Å². The van der Waals surface area contributed by atoms with E-state index >= 15 is 0 Å². The van der Waals surface area contributed by atoms with Gasteiger partial charge in [0.2, 0.25) is 5.56 Å². The highest BCUT2D eigenvalue weighted by molar-refractivity contribution is 6.16. The van der Waals surface area contributed by atoms with Crippen LogP contribution in [0.15, 0.2) is 65.6 Å². The summed E-state index contributed by atoms with van der Waals surface area (Å²) in [5.41, 5.74) is 2.10. The van der Waals surface area contributed by atoms with E-state index in [4.69, 9.17) is 0 Å². The van der Waals surface area contributed by atoms with E-state index in [9.17, 15) is 19.5 Å². The van der Waals surface area contributed by atoms with E-state index in [1.54, 1.807) is 18.3 Å². The fourth-order valence-corrected chi connectivity index (χ4v) is 3.97. The van der Waals surface area contributed by atoms with Crippen LogP contribution < -0.4 is 10.9 Å². The number of carbonyl (C=O) groups is 2. The van der Waals surface area contributed by atoms with Crippen LogP contribution in [0.25, 0.3) is 32.7 Å². The molecule has 0 aliphatic rings. The summed E-state index contributed by atoms with van der Waals surface area (Å²) >= 11 is 0. The lowest BCUT2D eigenvalue weighted by Crippen LogP contribution is -2.27. The van der Waals surface area contributed by atoms with Gasteiger partial charge in [0.05, 0.1) is 5.56 Å². The van der Waals surface area contributed by atoms with Gasteiger partial charge in [0.1, 0.15) is 0 Å². The highest BCUT2D eigenvalue weighted by atomic mass is 16.4. The van der Waals surface area contributed by atoms with Crippen LogP contribution in [0.1, 0.15) is 27.1 Å². The number of carboxylic acid groups (broad SMARTS) is 1. The molecule has 7 nitrogen and oxygen atoms in total. The number of aromatic amines is 1. The molecule has 0 radical (unpaired) electrons. The monoisotopic (exact) mass is 443 g/mol. The molecule has 0 atom stereocenters. The van der Waals surface area contributed by atoms with Gasteiger partial charge in [-0.05, 0) is 78.6 Å². The number of hydrogen-bond acceptors (Lipinski definition) is 4. The average molecular weight is 444 g/mol. The lowest BCUT2D eigenvalue weighted by Gasteiger charge is -2.12. The Kier molecular flexibility index (Phi) is 6.24. The molecule has 0 fully saturated rings. The number of H-pyrrole nitrogens is 1. The molecule has 0 aliphatic carbocycles. The molecule has 3 aromatic carbocycles. The largest absolute Gasteiger partial charge is 0.478 e. The second kappa shape index (κ2) is 9.26. The molecule has 4 rings (SSSR count). The first-order valence-corrected chi connectivity index (χ1v) is 10.7. The van der Waals surface area contributed by atoms with Crippen molar-refractivity contribution in [2.24, 2.45) is 0 Å². The minimum atomic E-state index is -1.05. The minimum Gasteiger partial charge on any atom is -0.478 e. The first-order valence-electron chi connectivity index (χ1n) is 10.7. The van der Waals surface area contributed by atoms with Crippen molar-refractivity contribution in [3.63, 3.8) is 0 Å². The Morgan fingerprint density at radius 1 is 0.970 bits per heavy atom. The molecular weight excluding hydrogens is 418 g/mol. The van der Waals surface area contributed by atoms with Crippen LogP contribution in [0.2, 0.25) is 0 Å². The van der Waals surface area contributed by atoms with Gasteiger partial charge in [0.25, 0.3) is 5.91 Å². The van der Waals surface area contributed by atoms with Crippen LogP contribution in [0.3, 0.4) is 0 Å². The average Bonchev–Trinajstić information content (AvgIpc) is 2.80. The van der Waals surface area contributed by atoms with Crippen molar-refractivity contribution in [1.82, 2.24) is 15.2 Å². The fourth-order valence-electron chi connectivity index (χ4n) is 3.97. The number of nitrogens with one attached hydrogen (secondary N) is 2. The number of benzene rings is 3. The first-order chi connectivity index (χ1) is 15.8. The maximum atomic E-state index is 12.6. The molecular formula is C26H25N3O4. The van der Waals surface area contributed by atoms with Crippen molar-refractivity contribution >= 4 is 33.4 Å². The molecule has 1 heterocycles. The zero-order chi connectivity index (χ0) is 23.5. The van der Waals surface area contributed by atoms with Crippen molar-refractivity contribution < 1.29 is 14.7 Å². The number of pyridine rings is 1. The zero-order valence-electron chi connectivity index (χ0n) is 18.5. The lowest BCUT2D eigenvalue weighted by atomic mass is 9.94. The van der Waals surface area contributed by atoms with Gasteiger partial charge in [-0.2, -0.15) is 0 Å². The summed E-state index contributed by atoms with van der Waals surface area (Å²) in [6.45, 7) is 1.49. The van der Waals surface area contributed by atoms with E-state index < -0.39 is 5.97 Å². The number of nitrogens with zero attached hydrogens (tertiary/aromatic N) is 1. The summed E-state index contributed by atoms with van der Waals surface area (Å²) < 4.78 is 0. The highest BCUT2D eigenvalue weighted by Gasteiger charge is 2.14. The van der Waals surface area contributed by atoms with Crippen LogP contribution in [0.4, 0.5) is 0 Å². The van der Waals surface area contributed by atoms with Gasteiger partial charge in [-0.3, -0.25) is 9.59 Å². The number of carbonyl (C=O) groups excluding carboxylic acids is 1. The van der Waals surface area contributed by atoms with Gasteiger partial charge in [-0.15, -0.1) is 0 Å². The topological polar surface area (TPSA) is 102 Å². The van der Waals surface area contributed by atoms with E-state index in [0.29, 0.717) is 22.9 Å².